The summed E-state index contributed by atoms with van der Waals surface area (Å²) in [5, 5.41) is 3.68. The average molecular weight is 292 g/mol. The highest BCUT2D eigenvalue weighted by Gasteiger charge is 2.32. The van der Waals surface area contributed by atoms with Gasteiger partial charge in [-0.1, -0.05) is 47.6 Å². The molecule has 1 aliphatic heterocycles. The molecular formula is C12H25NOS2Si. The minimum absolute atomic E-state index is 0.262. The van der Waals surface area contributed by atoms with Crippen LogP contribution in [0.25, 0.3) is 0 Å². The molecule has 0 saturated carbocycles. The van der Waals surface area contributed by atoms with E-state index in [2.05, 4.69) is 25.0 Å². The monoisotopic (exact) mass is 291 g/mol. The van der Waals surface area contributed by atoms with E-state index in [9.17, 15) is 4.79 Å². The number of carbonyl (C=O) groups is 1. The highest BCUT2D eigenvalue weighted by molar-refractivity contribution is 8.77. The summed E-state index contributed by atoms with van der Waals surface area (Å²) in [6.07, 6.45) is 4.93. The third-order valence-corrected chi connectivity index (χ3v) is 9.00. The zero-order valence-electron chi connectivity index (χ0n) is 11.4. The van der Waals surface area contributed by atoms with Gasteiger partial charge in [0.2, 0.25) is 5.91 Å². The lowest BCUT2D eigenvalue weighted by Crippen LogP contribution is -2.39. The first-order valence-electron chi connectivity index (χ1n) is 6.45. The van der Waals surface area contributed by atoms with Crippen molar-refractivity contribution in [3.8, 4) is 0 Å². The van der Waals surface area contributed by atoms with Crippen LogP contribution in [-0.2, 0) is 4.79 Å². The molecule has 1 fully saturated rings. The van der Waals surface area contributed by atoms with E-state index in [-0.39, 0.29) is 11.4 Å². The fourth-order valence-electron chi connectivity index (χ4n) is 2.25. The molecule has 0 aromatic rings. The summed E-state index contributed by atoms with van der Waals surface area (Å²) in [5.74, 6) is 1.57. The molecule has 100 valence electrons. The molecule has 2 nitrogen and oxygen atoms in total. The summed E-state index contributed by atoms with van der Waals surface area (Å²) in [4.78, 5) is 11.9. The van der Waals surface area contributed by atoms with Crippen molar-refractivity contribution >= 4 is 35.6 Å². The number of rotatable bonds is 6. The van der Waals surface area contributed by atoms with Crippen molar-refractivity contribution in [2.24, 2.45) is 0 Å². The predicted molar refractivity (Wildman–Crippen MR) is 83.5 cm³/mol. The topological polar surface area (TPSA) is 29.1 Å². The molecule has 0 bridgehead atoms. The molecule has 0 aliphatic carbocycles. The van der Waals surface area contributed by atoms with Crippen LogP contribution in [0, 0.1) is 0 Å². The molecule has 2 atom stereocenters. The number of amides is 1. The summed E-state index contributed by atoms with van der Waals surface area (Å²) in [5.41, 5.74) is 0.284. The van der Waals surface area contributed by atoms with E-state index in [0.29, 0.717) is 0 Å². The van der Waals surface area contributed by atoms with Gasteiger partial charge in [-0.2, -0.15) is 0 Å². The van der Waals surface area contributed by atoms with Crippen LogP contribution in [0.5, 0.6) is 0 Å². The predicted octanol–water partition coefficient (Wildman–Crippen LogP) is 3.76. The molecule has 1 rings (SSSR count). The van der Waals surface area contributed by atoms with E-state index in [4.69, 9.17) is 0 Å². The highest BCUT2D eigenvalue weighted by Crippen LogP contribution is 2.40. The summed E-state index contributed by atoms with van der Waals surface area (Å²) in [6, 6.07) is 0. The summed E-state index contributed by atoms with van der Waals surface area (Å²) in [6.45, 7) is 6.90. The van der Waals surface area contributed by atoms with Crippen LogP contribution >= 0.6 is 21.6 Å². The van der Waals surface area contributed by atoms with E-state index >= 15 is 0 Å². The highest BCUT2D eigenvalue weighted by atomic mass is 33.1. The maximum atomic E-state index is 11.9. The van der Waals surface area contributed by atoms with Crippen LogP contribution in [0.4, 0.5) is 0 Å². The van der Waals surface area contributed by atoms with Gasteiger partial charge in [0.1, 0.15) is 0 Å². The molecule has 5 heteroatoms. The van der Waals surface area contributed by atoms with Crippen molar-refractivity contribution < 1.29 is 4.79 Å². The van der Waals surface area contributed by atoms with Crippen molar-refractivity contribution in [1.29, 1.82) is 0 Å². The Balaban J connectivity index is 2.35. The number of nitrogens with one attached hydrogen (secondary N) is 1. The molecule has 0 radical (unpaired) electrons. The molecule has 1 saturated heterocycles. The SMILES string of the molecule is CNC(=O)C(CCCC1CCSS1)[Si](C)(C)C. The Morgan fingerprint density at radius 1 is 1.47 bits per heavy atom. The van der Waals surface area contributed by atoms with Crippen LogP contribution in [-0.4, -0.2) is 32.0 Å². The van der Waals surface area contributed by atoms with E-state index < -0.39 is 8.07 Å². The number of hydrogen-bond donors (Lipinski definition) is 1. The zero-order valence-corrected chi connectivity index (χ0v) is 14.0. The van der Waals surface area contributed by atoms with Gasteiger partial charge in [-0.15, -0.1) is 0 Å². The molecule has 0 aromatic heterocycles. The zero-order chi connectivity index (χ0) is 12.9. The number of hydrogen-bond acceptors (Lipinski definition) is 3. The number of carbonyl (C=O) groups excluding carboxylic acids is 1. The van der Waals surface area contributed by atoms with Crippen molar-refractivity contribution in [3.05, 3.63) is 0 Å². The maximum Gasteiger partial charge on any atom is 0.220 e. The average Bonchev–Trinajstić information content (AvgIpc) is 2.74. The van der Waals surface area contributed by atoms with E-state index in [1.165, 1.54) is 25.0 Å². The van der Waals surface area contributed by atoms with E-state index in [1.807, 2.05) is 21.6 Å². The van der Waals surface area contributed by atoms with E-state index in [1.54, 1.807) is 7.05 Å². The first-order valence-corrected chi connectivity index (χ1v) is 12.4. The minimum Gasteiger partial charge on any atom is -0.359 e. The molecule has 1 N–H and O–H groups in total. The van der Waals surface area contributed by atoms with Gasteiger partial charge < -0.3 is 5.32 Å². The molecule has 2 unspecified atom stereocenters. The first kappa shape index (κ1) is 15.4. The molecule has 1 heterocycles. The molecule has 1 aliphatic rings. The van der Waals surface area contributed by atoms with Gasteiger partial charge in [-0.05, 0) is 19.3 Å². The minimum atomic E-state index is -1.37. The van der Waals surface area contributed by atoms with Gasteiger partial charge in [-0.25, -0.2) is 0 Å². The molecule has 0 spiro atoms. The fraction of sp³-hybridized carbons (Fsp3) is 0.917. The Morgan fingerprint density at radius 2 is 2.18 bits per heavy atom. The summed E-state index contributed by atoms with van der Waals surface area (Å²) in [7, 11) is 4.44. The molecule has 1 amide bonds. The van der Waals surface area contributed by atoms with Crippen LogP contribution in [0.2, 0.25) is 25.2 Å². The Kier molecular flexibility index (Phi) is 6.44. The lowest BCUT2D eigenvalue weighted by atomic mass is 10.1. The Morgan fingerprint density at radius 3 is 2.65 bits per heavy atom. The van der Waals surface area contributed by atoms with Crippen LogP contribution in [0.1, 0.15) is 25.7 Å². The lowest BCUT2D eigenvalue weighted by Gasteiger charge is -2.27. The Bertz CT molecular complexity index is 249. The Labute approximate surface area is 114 Å². The van der Waals surface area contributed by atoms with Gasteiger partial charge in [0, 0.05) is 23.6 Å². The van der Waals surface area contributed by atoms with Gasteiger partial charge in [0.05, 0.1) is 8.07 Å². The molecular weight excluding hydrogens is 266 g/mol. The molecule has 17 heavy (non-hydrogen) atoms. The Hall–Kier alpha value is 0.387. The normalized spacial score (nSPS) is 22.5. The van der Waals surface area contributed by atoms with Crippen LogP contribution < -0.4 is 5.32 Å². The standard InChI is InChI=1S/C12H25NOS2Si/c1-13-12(14)11(17(2,3)4)7-5-6-10-8-9-15-16-10/h10-11H,5-9H2,1-4H3,(H,13,14). The fourth-order valence-corrected chi connectivity index (χ4v) is 7.27. The van der Waals surface area contributed by atoms with Gasteiger partial charge in [0.15, 0.2) is 0 Å². The second kappa shape index (κ2) is 7.09. The van der Waals surface area contributed by atoms with Crippen molar-refractivity contribution in [2.45, 2.75) is 56.1 Å². The van der Waals surface area contributed by atoms with Crippen molar-refractivity contribution in [1.82, 2.24) is 5.32 Å². The molecule has 0 aromatic carbocycles. The van der Waals surface area contributed by atoms with Crippen molar-refractivity contribution in [2.75, 3.05) is 12.8 Å². The second-order valence-electron chi connectivity index (χ2n) is 5.79. The third-order valence-electron chi connectivity index (χ3n) is 3.35. The smallest absolute Gasteiger partial charge is 0.220 e. The summed E-state index contributed by atoms with van der Waals surface area (Å²) < 4.78 is 0. The van der Waals surface area contributed by atoms with Gasteiger partial charge in [0.25, 0.3) is 0 Å². The maximum absolute atomic E-state index is 11.9. The van der Waals surface area contributed by atoms with Crippen LogP contribution in [0.3, 0.4) is 0 Å². The third kappa shape index (κ3) is 5.26. The first-order chi connectivity index (χ1) is 7.95. The second-order valence-corrected chi connectivity index (χ2v) is 14.0. The lowest BCUT2D eigenvalue weighted by molar-refractivity contribution is -0.120. The van der Waals surface area contributed by atoms with Gasteiger partial charge in [-0.3, -0.25) is 4.79 Å². The summed E-state index contributed by atoms with van der Waals surface area (Å²) >= 11 is 0. The largest absolute Gasteiger partial charge is 0.359 e. The quantitative estimate of drug-likeness (QED) is 0.597. The van der Waals surface area contributed by atoms with Crippen LogP contribution in [0.15, 0.2) is 0 Å². The van der Waals surface area contributed by atoms with E-state index in [0.717, 1.165) is 11.7 Å². The van der Waals surface area contributed by atoms with Crippen molar-refractivity contribution in [3.63, 3.8) is 0 Å². The van der Waals surface area contributed by atoms with Gasteiger partial charge >= 0.3 is 0 Å².